The Labute approximate surface area is 95.4 Å². The summed E-state index contributed by atoms with van der Waals surface area (Å²) in [6.45, 7) is 13.0. The highest BCUT2D eigenvalue weighted by atomic mass is 15.2. The summed E-state index contributed by atoms with van der Waals surface area (Å²) >= 11 is 0. The molecule has 0 saturated carbocycles. The lowest BCUT2D eigenvalue weighted by Crippen LogP contribution is -2.50. The molecule has 1 aliphatic rings. The SMILES string of the molecule is CCC(CC)N1CCCNC(C)(CC)C1. The maximum Gasteiger partial charge on any atom is 0.0277 e. The molecule has 2 heteroatoms. The smallest absolute Gasteiger partial charge is 0.0277 e. The fourth-order valence-corrected chi connectivity index (χ4v) is 2.61. The lowest BCUT2D eigenvalue weighted by molar-refractivity contribution is 0.152. The Kier molecular flexibility index (Phi) is 5.07. The minimum atomic E-state index is 0.332. The molecule has 0 radical (unpaired) electrons. The van der Waals surface area contributed by atoms with Gasteiger partial charge in [0, 0.05) is 18.1 Å². The average Bonchev–Trinajstić information content (AvgIpc) is 2.43. The third-order valence-electron chi connectivity index (χ3n) is 3.97. The number of nitrogens with zero attached hydrogens (tertiary/aromatic N) is 1. The first-order valence-electron chi connectivity index (χ1n) is 6.64. The fraction of sp³-hybridized carbons (Fsp3) is 1.00. The molecule has 0 spiro atoms. The molecule has 1 rings (SSSR count). The quantitative estimate of drug-likeness (QED) is 0.770. The summed E-state index contributed by atoms with van der Waals surface area (Å²) in [5, 5.41) is 3.70. The third-order valence-corrected chi connectivity index (χ3v) is 3.97. The third kappa shape index (κ3) is 3.46. The first-order valence-corrected chi connectivity index (χ1v) is 6.64. The highest BCUT2D eigenvalue weighted by Gasteiger charge is 2.29. The Morgan fingerprint density at radius 3 is 2.47 bits per heavy atom. The molecule has 0 bridgehead atoms. The minimum Gasteiger partial charge on any atom is -0.310 e. The Hall–Kier alpha value is -0.0800. The van der Waals surface area contributed by atoms with Crippen LogP contribution in [0.4, 0.5) is 0 Å². The van der Waals surface area contributed by atoms with E-state index in [1.54, 1.807) is 0 Å². The van der Waals surface area contributed by atoms with Crippen LogP contribution in [0.25, 0.3) is 0 Å². The molecule has 1 heterocycles. The van der Waals surface area contributed by atoms with Gasteiger partial charge in [0.25, 0.3) is 0 Å². The van der Waals surface area contributed by atoms with E-state index in [1.807, 2.05) is 0 Å². The molecule has 1 saturated heterocycles. The van der Waals surface area contributed by atoms with E-state index in [2.05, 4.69) is 37.9 Å². The van der Waals surface area contributed by atoms with Crippen molar-refractivity contribution in [3.8, 4) is 0 Å². The molecule has 1 aliphatic heterocycles. The van der Waals surface area contributed by atoms with Crippen molar-refractivity contribution in [1.29, 1.82) is 0 Å². The van der Waals surface area contributed by atoms with E-state index >= 15 is 0 Å². The van der Waals surface area contributed by atoms with Gasteiger partial charge in [-0.25, -0.2) is 0 Å². The molecule has 1 atom stereocenters. The number of rotatable bonds is 4. The maximum absolute atomic E-state index is 3.70. The first-order chi connectivity index (χ1) is 7.15. The summed E-state index contributed by atoms with van der Waals surface area (Å²) in [6.07, 6.45) is 5.10. The maximum atomic E-state index is 3.70. The summed E-state index contributed by atoms with van der Waals surface area (Å²) in [7, 11) is 0. The van der Waals surface area contributed by atoms with E-state index in [4.69, 9.17) is 0 Å². The van der Waals surface area contributed by atoms with Crippen molar-refractivity contribution in [3.63, 3.8) is 0 Å². The number of hydrogen-bond donors (Lipinski definition) is 1. The van der Waals surface area contributed by atoms with Crippen LogP contribution >= 0.6 is 0 Å². The van der Waals surface area contributed by atoms with Crippen molar-refractivity contribution in [2.75, 3.05) is 19.6 Å². The van der Waals surface area contributed by atoms with E-state index in [1.165, 1.54) is 45.3 Å². The van der Waals surface area contributed by atoms with Gasteiger partial charge in [0.15, 0.2) is 0 Å². The van der Waals surface area contributed by atoms with Crippen molar-refractivity contribution in [1.82, 2.24) is 10.2 Å². The van der Waals surface area contributed by atoms with E-state index < -0.39 is 0 Å². The van der Waals surface area contributed by atoms with Crippen LogP contribution < -0.4 is 5.32 Å². The van der Waals surface area contributed by atoms with Crippen molar-refractivity contribution >= 4 is 0 Å². The van der Waals surface area contributed by atoms with E-state index in [9.17, 15) is 0 Å². The summed E-state index contributed by atoms with van der Waals surface area (Å²) in [5.74, 6) is 0. The largest absolute Gasteiger partial charge is 0.310 e. The topological polar surface area (TPSA) is 15.3 Å². The second-order valence-electron chi connectivity index (χ2n) is 5.14. The van der Waals surface area contributed by atoms with Gasteiger partial charge >= 0.3 is 0 Å². The molecule has 2 nitrogen and oxygen atoms in total. The van der Waals surface area contributed by atoms with E-state index in [0.29, 0.717) is 5.54 Å². The summed E-state index contributed by atoms with van der Waals surface area (Å²) < 4.78 is 0. The van der Waals surface area contributed by atoms with Crippen LogP contribution in [-0.4, -0.2) is 36.1 Å². The van der Waals surface area contributed by atoms with Gasteiger partial charge in [-0.1, -0.05) is 20.8 Å². The summed E-state index contributed by atoms with van der Waals surface area (Å²) in [5.41, 5.74) is 0.332. The fourth-order valence-electron chi connectivity index (χ4n) is 2.61. The molecule has 90 valence electrons. The molecule has 0 amide bonds. The molecule has 0 aromatic rings. The molecule has 0 aliphatic carbocycles. The Morgan fingerprint density at radius 2 is 1.93 bits per heavy atom. The van der Waals surface area contributed by atoms with E-state index in [0.717, 1.165) is 6.04 Å². The van der Waals surface area contributed by atoms with Crippen LogP contribution in [-0.2, 0) is 0 Å². The van der Waals surface area contributed by atoms with Crippen LogP contribution in [0.2, 0.25) is 0 Å². The predicted octanol–water partition coefficient (Wildman–Crippen LogP) is 2.64. The van der Waals surface area contributed by atoms with Gasteiger partial charge in [-0.3, -0.25) is 4.90 Å². The minimum absolute atomic E-state index is 0.332. The lowest BCUT2D eigenvalue weighted by Gasteiger charge is -2.36. The average molecular weight is 212 g/mol. The van der Waals surface area contributed by atoms with Crippen molar-refractivity contribution < 1.29 is 0 Å². The van der Waals surface area contributed by atoms with Gasteiger partial charge in [0.2, 0.25) is 0 Å². The zero-order chi connectivity index (χ0) is 11.3. The second kappa shape index (κ2) is 5.86. The molecule has 1 N–H and O–H groups in total. The molecule has 1 unspecified atom stereocenters. The van der Waals surface area contributed by atoms with Crippen LogP contribution in [0, 0.1) is 0 Å². The molecule has 0 aromatic carbocycles. The normalized spacial score (nSPS) is 29.4. The van der Waals surface area contributed by atoms with Gasteiger partial charge in [-0.2, -0.15) is 0 Å². The van der Waals surface area contributed by atoms with Gasteiger partial charge in [0.1, 0.15) is 0 Å². The highest BCUT2D eigenvalue weighted by molar-refractivity contribution is 4.89. The standard InChI is InChI=1S/C13H28N2/c1-5-12(6-2)15-10-8-9-14-13(4,7-3)11-15/h12,14H,5-11H2,1-4H3. The van der Waals surface area contributed by atoms with Crippen molar-refractivity contribution in [2.24, 2.45) is 0 Å². The molecule has 15 heavy (non-hydrogen) atoms. The van der Waals surface area contributed by atoms with Gasteiger partial charge in [-0.15, -0.1) is 0 Å². The van der Waals surface area contributed by atoms with Crippen LogP contribution in [0.5, 0.6) is 0 Å². The highest BCUT2D eigenvalue weighted by Crippen LogP contribution is 2.19. The zero-order valence-electron chi connectivity index (χ0n) is 11.0. The Morgan fingerprint density at radius 1 is 1.27 bits per heavy atom. The van der Waals surface area contributed by atoms with Crippen LogP contribution in [0.15, 0.2) is 0 Å². The van der Waals surface area contributed by atoms with Gasteiger partial charge in [-0.05, 0) is 45.7 Å². The number of nitrogens with one attached hydrogen (secondary N) is 1. The molecule has 0 aromatic heterocycles. The monoisotopic (exact) mass is 212 g/mol. The van der Waals surface area contributed by atoms with Gasteiger partial charge < -0.3 is 5.32 Å². The van der Waals surface area contributed by atoms with E-state index in [-0.39, 0.29) is 0 Å². The summed E-state index contributed by atoms with van der Waals surface area (Å²) in [4.78, 5) is 2.70. The zero-order valence-corrected chi connectivity index (χ0v) is 11.0. The van der Waals surface area contributed by atoms with Crippen LogP contribution in [0.3, 0.4) is 0 Å². The Balaban J connectivity index is 2.63. The second-order valence-corrected chi connectivity index (χ2v) is 5.14. The van der Waals surface area contributed by atoms with Gasteiger partial charge in [0.05, 0.1) is 0 Å². The molecular formula is C13H28N2. The summed E-state index contributed by atoms with van der Waals surface area (Å²) in [6, 6.07) is 0.788. The number of hydrogen-bond acceptors (Lipinski definition) is 2. The lowest BCUT2D eigenvalue weighted by atomic mass is 9.97. The Bertz CT molecular complexity index is 177. The van der Waals surface area contributed by atoms with Crippen molar-refractivity contribution in [2.45, 2.75) is 65.0 Å². The van der Waals surface area contributed by atoms with Crippen molar-refractivity contribution in [3.05, 3.63) is 0 Å². The molecule has 1 fully saturated rings. The molecular weight excluding hydrogens is 184 g/mol. The predicted molar refractivity (Wildman–Crippen MR) is 67.3 cm³/mol. The van der Waals surface area contributed by atoms with Crippen LogP contribution in [0.1, 0.15) is 53.4 Å². The first kappa shape index (κ1) is 13.0.